The molecule has 0 aliphatic carbocycles. The lowest BCUT2D eigenvalue weighted by atomic mass is 9.99. The van der Waals surface area contributed by atoms with Crippen molar-refractivity contribution >= 4 is 43.5 Å². The van der Waals surface area contributed by atoms with Gasteiger partial charge in [0.1, 0.15) is 16.0 Å². The molecule has 0 saturated carbocycles. The van der Waals surface area contributed by atoms with Gasteiger partial charge in [-0.2, -0.15) is 0 Å². The first kappa shape index (κ1) is 16.7. The zero-order valence-electron chi connectivity index (χ0n) is 11.9. The fourth-order valence-electron chi connectivity index (χ4n) is 2.18. The van der Waals surface area contributed by atoms with Gasteiger partial charge >= 0.3 is 0 Å². The van der Waals surface area contributed by atoms with Crippen LogP contribution in [0.4, 0.5) is 0 Å². The van der Waals surface area contributed by atoms with Gasteiger partial charge < -0.3 is 9.47 Å². The second-order valence-corrected chi connectivity index (χ2v) is 6.60. The fourth-order valence-corrected chi connectivity index (χ4v) is 3.66. The highest BCUT2D eigenvalue weighted by atomic mass is 79.9. The predicted octanol–water partition coefficient (Wildman–Crippen LogP) is 5.87. The molecule has 0 fully saturated rings. The molecule has 0 bridgehead atoms. The first-order chi connectivity index (χ1) is 10.0. The van der Waals surface area contributed by atoms with Crippen molar-refractivity contribution in [3.8, 4) is 11.5 Å². The van der Waals surface area contributed by atoms with Crippen LogP contribution in [0.5, 0.6) is 11.5 Å². The average Bonchev–Trinajstić information content (AvgIpc) is 2.49. The highest BCUT2D eigenvalue weighted by Gasteiger charge is 2.21. The molecule has 5 heteroatoms. The van der Waals surface area contributed by atoms with Crippen LogP contribution in [0.15, 0.2) is 39.3 Å². The SMILES string of the molecule is COc1ccc(C(Cl)c2cccc(Br)c2C)c(OC)c1Br. The summed E-state index contributed by atoms with van der Waals surface area (Å²) < 4.78 is 12.6. The summed E-state index contributed by atoms with van der Waals surface area (Å²) in [5.74, 6) is 1.40. The van der Waals surface area contributed by atoms with Gasteiger partial charge in [-0.25, -0.2) is 0 Å². The topological polar surface area (TPSA) is 18.5 Å². The van der Waals surface area contributed by atoms with E-state index in [-0.39, 0.29) is 5.38 Å². The van der Waals surface area contributed by atoms with Gasteiger partial charge in [0.2, 0.25) is 0 Å². The molecule has 2 nitrogen and oxygen atoms in total. The van der Waals surface area contributed by atoms with Crippen molar-refractivity contribution < 1.29 is 9.47 Å². The van der Waals surface area contributed by atoms with E-state index in [2.05, 4.69) is 31.9 Å². The van der Waals surface area contributed by atoms with Crippen LogP contribution in [0.2, 0.25) is 0 Å². The molecule has 1 unspecified atom stereocenters. The molecule has 1 atom stereocenters. The van der Waals surface area contributed by atoms with Crippen LogP contribution in [0, 0.1) is 6.92 Å². The summed E-state index contributed by atoms with van der Waals surface area (Å²) in [7, 11) is 3.25. The molecule has 2 aromatic rings. The fraction of sp³-hybridized carbons (Fsp3) is 0.250. The maximum Gasteiger partial charge on any atom is 0.141 e. The third-order valence-corrected chi connectivity index (χ3v) is 5.45. The van der Waals surface area contributed by atoms with E-state index < -0.39 is 0 Å². The molecular formula is C16H15Br2ClO2. The molecule has 0 saturated heterocycles. The molecular weight excluding hydrogens is 419 g/mol. The van der Waals surface area contributed by atoms with Gasteiger partial charge in [-0.05, 0) is 52.2 Å². The van der Waals surface area contributed by atoms with Crippen molar-refractivity contribution in [3.05, 3.63) is 56.0 Å². The maximum atomic E-state index is 6.70. The Hall–Kier alpha value is -0.710. The van der Waals surface area contributed by atoms with Crippen LogP contribution in [-0.2, 0) is 0 Å². The standard InChI is InChI=1S/C16H15Br2ClO2/c1-9-10(5-4-6-12(9)17)15(19)11-7-8-13(20-2)14(18)16(11)21-3/h4-8,15H,1-3H3. The molecule has 0 aromatic heterocycles. The number of halogens is 3. The molecule has 0 radical (unpaired) electrons. The third kappa shape index (κ3) is 3.22. The van der Waals surface area contributed by atoms with E-state index in [1.54, 1.807) is 14.2 Å². The molecule has 2 rings (SSSR count). The Bertz CT molecular complexity index is 659. The lowest BCUT2D eigenvalue weighted by molar-refractivity contribution is 0.386. The largest absolute Gasteiger partial charge is 0.495 e. The van der Waals surface area contributed by atoms with Crippen molar-refractivity contribution in [1.29, 1.82) is 0 Å². The summed E-state index contributed by atoms with van der Waals surface area (Å²) in [5.41, 5.74) is 3.06. The summed E-state index contributed by atoms with van der Waals surface area (Å²) in [6.45, 7) is 2.04. The van der Waals surface area contributed by atoms with Crippen LogP contribution in [0.1, 0.15) is 22.1 Å². The van der Waals surface area contributed by atoms with Crippen molar-refractivity contribution in [2.45, 2.75) is 12.3 Å². The number of hydrogen-bond acceptors (Lipinski definition) is 2. The van der Waals surface area contributed by atoms with E-state index in [4.69, 9.17) is 21.1 Å². The van der Waals surface area contributed by atoms with Gasteiger partial charge in [-0.3, -0.25) is 0 Å². The zero-order valence-corrected chi connectivity index (χ0v) is 15.8. The predicted molar refractivity (Wildman–Crippen MR) is 93.8 cm³/mol. The van der Waals surface area contributed by atoms with Crippen LogP contribution in [0.25, 0.3) is 0 Å². The molecule has 0 spiro atoms. The van der Waals surface area contributed by atoms with Crippen LogP contribution >= 0.6 is 43.5 Å². The number of benzene rings is 2. The van der Waals surface area contributed by atoms with Crippen molar-refractivity contribution in [3.63, 3.8) is 0 Å². The molecule has 2 aromatic carbocycles. The number of ether oxygens (including phenoxy) is 2. The van der Waals surface area contributed by atoms with E-state index in [1.165, 1.54) is 0 Å². The highest BCUT2D eigenvalue weighted by molar-refractivity contribution is 9.11. The van der Waals surface area contributed by atoms with Crippen LogP contribution in [0.3, 0.4) is 0 Å². The lowest BCUT2D eigenvalue weighted by Crippen LogP contribution is -2.01. The monoisotopic (exact) mass is 432 g/mol. The Morgan fingerprint density at radius 1 is 1.00 bits per heavy atom. The average molecular weight is 435 g/mol. The highest BCUT2D eigenvalue weighted by Crippen LogP contribution is 2.44. The summed E-state index contributed by atoms with van der Waals surface area (Å²) in [4.78, 5) is 0. The minimum atomic E-state index is -0.306. The van der Waals surface area contributed by atoms with E-state index >= 15 is 0 Å². The smallest absolute Gasteiger partial charge is 0.141 e. The molecule has 21 heavy (non-hydrogen) atoms. The van der Waals surface area contributed by atoms with E-state index in [9.17, 15) is 0 Å². The minimum absolute atomic E-state index is 0.306. The Morgan fingerprint density at radius 3 is 2.33 bits per heavy atom. The van der Waals surface area contributed by atoms with Gasteiger partial charge in [0, 0.05) is 10.0 Å². The van der Waals surface area contributed by atoms with Gasteiger partial charge in [0.05, 0.1) is 19.6 Å². The molecule has 0 aliphatic rings. The molecule has 0 N–H and O–H groups in total. The van der Waals surface area contributed by atoms with E-state index in [0.717, 1.165) is 25.6 Å². The zero-order chi connectivity index (χ0) is 15.6. The Labute approximate surface area is 146 Å². The number of alkyl halides is 1. The van der Waals surface area contributed by atoms with Crippen molar-refractivity contribution in [1.82, 2.24) is 0 Å². The second kappa shape index (κ2) is 7.03. The quantitative estimate of drug-likeness (QED) is 0.561. The first-order valence-electron chi connectivity index (χ1n) is 6.30. The summed E-state index contributed by atoms with van der Waals surface area (Å²) in [6, 6.07) is 9.82. The first-order valence-corrected chi connectivity index (χ1v) is 8.33. The second-order valence-electron chi connectivity index (χ2n) is 4.52. The van der Waals surface area contributed by atoms with Crippen molar-refractivity contribution in [2.75, 3.05) is 14.2 Å². The number of rotatable bonds is 4. The van der Waals surface area contributed by atoms with Crippen LogP contribution in [-0.4, -0.2) is 14.2 Å². The Kier molecular flexibility index (Phi) is 5.58. The normalized spacial score (nSPS) is 12.1. The Balaban J connectivity index is 2.56. The summed E-state index contributed by atoms with van der Waals surface area (Å²) in [5, 5.41) is -0.306. The van der Waals surface area contributed by atoms with Gasteiger partial charge in [-0.15, -0.1) is 11.6 Å². The molecule has 0 aliphatic heterocycles. The maximum absolute atomic E-state index is 6.70. The third-order valence-electron chi connectivity index (χ3n) is 3.37. The number of hydrogen-bond donors (Lipinski definition) is 0. The van der Waals surface area contributed by atoms with Gasteiger partial charge in [0.15, 0.2) is 0 Å². The van der Waals surface area contributed by atoms with Gasteiger partial charge in [-0.1, -0.05) is 28.1 Å². The minimum Gasteiger partial charge on any atom is -0.495 e. The van der Waals surface area contributed by atoms with E-state index in [0.29, 0.717) is 11.5 Å². The number of methoxy groups -OCH3 is 2. The summed E-state index contributed by atoms with van der Waals surface area (Å²) >= 11 is 13.7. The lowest BCUT2D eigenvalue weighted by Gasteiger charge is -2.19. The molecule has 0 heterocycles. The molecule has 0 amide bonds. The van der Waals surface area contributed by atoms with Crippen molar-refractivity contribution in [2.24, 2.45) is 0 Å². The van der Waals surface area contributed by atoms with Gasteiger partial charge in [0.25, 0.3) is 0 Å². The Morgan fingerprint density at radius 2 is 1.71 bits per heavy atom. The molecule has 112 valence electrons. The van der Waals surface area contributed by atoms with E-state index in [1.807, 2.05) is 37.3 Å². The van der Waals surface area contributed by atoms with Crippen LogP contribution < -0.4 is 9.47 Å². The summed E-state index contributed by atoms with van der Waals surface area (Å²) in [6.07, 6.45) is 0.